The smallest absolute Gasteiger partial charge is 0.224 e. The highest BCUT2D eigenvalue weighted by atomic mass is 16.1. The molecule has 0 saturated heterocycles. The number of hydrogen-bond donors (Lipinski definition) is 2. The van der Waals surface area contributed by atoms with Crippen molar-refractivity contribution in [2.24, 2.45) is 0 Å². The molecule has 0 radical (unpaired) electrons. The highest BCUT2D eigenvalue weighted by Gasteiger charge is 2.08. The molecule has 2 N–H and O–H groups in total. The minimum atomic E-state index is 0.0676. The minimum Gasteiger partial charge on any atom is -0.383 e. The van der Waals surface area contributed by atoms with Gasteiger partial charge in [-0.3, -0.25) is 4.79 Å². The van der Waals surface area contributed by atoms with Crippen molar-refractivity contribution < 1.29 is 4.79 Å². The summed E-state index contributed by atoms with van der Waals surface area (Å²) in [5, 5.41) is 6.26. The number of rotatable bonds is 5. The van der Waals surface area contributed by atoms with E-state index in [1.54, 1.807) is 0 Å². The summed E-state index contributed by atoms with van der Waals surface area (Å²) in [6.45, 7) is 8.11. The van der Waals surface area contributed by atoms with Crippen molar-refractivity contribution in [2.45, 2.75) is 46.2 Å². The molecule has 1 rings (SSSR count). The molecule has 0 spiro atoms. The Morgan fingerprint density at radius 1 is 1.12 bits per heavy atom. The van der Waals surface area contributed by atoms with E-state index in [1.807, 2.05) is 38.1 Å². The van der Waals surface area contributed by atoms with Crippen molar-refractivity contribution in [1.82, 2.24) is 5.32 Å². The molecule has 1 aromatic rings. The van der Waals surface area contributed by atoms with Gasteiger partial charge < -0.3 is 10.6 Å². The van der Waals surface area contributed by atoms with Gasteiger partial charge in [-0.25, -0.2) is 0 Å². The zero-order chi connectivity index (χ0) is 12.8. The summed E-state index contributed by atoms with van der Waals surface area (Å²) in [6, 6.07) is 8.50. The van der Waals surface area contributed by atoms with Crippen LogP contribution in [0, 0.1) is 0 Å². The Labute approximate surface area is 104 Å². The predicted octanol–water partition coefficient (Wildman–Crippen LogP) is 2.57. The molecule has 0 aliphatic heterocycles. The SMILES string of the molecule is CC(C)NC(=O)Cc1ccccc1NC(C)C. The maximum atomic E-state index is 11.7. The first-order valence-corrected chi connectivity index (χ1v) is 6.13. The Morgan fingerprint density at radius 3 is 2.35 bits per heavy atom. The summed E-state index contributed by atoms with van der Waals surface area (Å²) in [5.41, 5.74) is 2.08. The number of carbonyl (C=O) groups excluding carboxylic acids is 1. The van der Waals surface area contributed by atoms with Gasteiger partial charge >= 0.3 is 0 Å². The second-order valence-corrected chi connectivity index (χ2v) is 4.86. The molecule has 3 nitrogen and oxygen atoms in total. The Hall–Kier alpha value is -1.51. The van der Waals surface area contributed by atoms with Crippen molar-refractivity contribution in [1.29, 1.82) is 0 Å². The number of amides is 1. The van der Waals surface area contributed by atoms with Crippen LogP contribution >= 0.6 is 0 Å². The first-order valence-electron chi connectivity index (χ1n) is 6.13. The average molecular weight is 234 g/mol. The fourth-order valence-corrected chi connectivity index (χ4v) is 1.67. The molecule has 0 bridgehead atoms. The van der Waals surface area contributed by atoms with Gasteiger partial charge in [-0.1, -0.05) is 18.2 Å². The predicted molar refractivity (Wildman–Crippen MR) is 72.2 cm³/mol. The van der Waals surface area contributed by atoms with E-state index < -0.39 is 0 Å². The molecule has 0 saturated carbocycles. The highest BCUT2D eigenvalue weighted by Crippen LogP contribution is 2.16. The van der Waals surface area contributed by atoms with Crippen LogP contribution in [0.15, 0.2) is 24.3 Å². The number of hydrogen-bond acceptors (Lipinski definition) is 2. The van der Waals surface area contributed by atoms with Gasteiger partial charge in [0.25, 0.3) is 0 Å². The van der Waals surface area contributed by atoms with E-state index in [2.05, 4.69) is 24.5 Å². The van der Waals surface area contributed by atoms with Crippen LogP contribution in [0.2, 0.25) is 0 Å². The van der Waals surface area contributed by atoms with Crippen molar-refractivity contribution in [3.63, 3.8) is 0 Å². The minimum absolute atomic E-state index is 0.0676. The molecule has 17 heavy (non-hydrogen) atoms. The summed E-state index contributed by atoms with van der Waals surface area (Å²) in [6.07, 6.45) is 0.425. The summed E-state index contributed by atoms with van der Waals surface area (Å²) >= 11 is 0. The quantitative estimate of drug-likeness (QED) is 0.822. The van der Waals surface area contributed by atoms with E-state index >= 15 is 0 Å². The lowest BCUT2D eigenvalue weighted by atomic mass is 10.1. The molecule has 94 valence electrons. The van der Waals surface area contributed by atoms with Crippen LogP contribution in [0.3, 0.4) is 0 Å². The van der Waals surface area contributed by atoms with Crippen LogP contribution in [0.5, 0.6) is 0 Å². The summed E-state index contributed by atoms with van der Waals surface area (Å²) < 4.78 is 0. The fraction of sp³-hybridized carbons (Fsp3) is 0.500. The third-order valence-corrected chi connectivity index (χ3v) is 2.26. The molecule has 0 unspecified atom stereocenters. The van der Waals surface area contributed by atoms with Gasteiger partial charge in [0, 0.05) is 17.8 Å². The molecule has 0 aliphatic carbocycles. The van der Waals surface area contributed by atoms with E-state index in [4.69, 9.17) is 0 Å². The van der Waals surface area contributed by atoms with Gasteiger partial charge in [-0.15, -0.1) is 0 Å². The zero-order valence-corrected chi connectivity index (χ0v) is 11.1. The number of para-hydroxylation sites is 1. The molecule has 3 heteroatoms. The van der Waals surface area contributed by atoms with E-state index in [9.17, 15) is 4.79 Å². The van der Waals surface area contributed by atoms with Crippen LogP contribution in [-0.4, -0.2) is 18.0 Å². The highest BCUT2D eigenvalue weighted by molar-refractivity contribution is 5.80. The van der Waals surface area contributed by atoms with Crippen LogP contribution in [0.1, 0.15) is 33.3 Å². The summed E-state index contributed by atoms with van der Waals surface area (Å²) in [7, 11) is 0. The number of carbonyl (C=O) groups is 1. The lowest BCUT2D eigenvalue weighted by Gasteiger charge is -2.15. The molecular formula is C14H22N2O. The maximum absolute atomic E-state index is 11.7. The normalized spacial score (nSPS) is 10.7. The number of benzene rings is 1. The van der Waals surface area contributed by atoms with Crippen LogP contribution in [0.4, 0.5) is 5.69 Å². The van der Waals surface area contributed by atoms with E-state index in [0.717, 1.165) is 11.3 Å². The zero-order valence-electron chi connectivity index (χ0n) is 11.1. The second-order valence-electron chi connectivity index (χ2n) is 4.86. The Bertz CT molecular complexity index is 372. The van der Waals surface area contributed by atoms with Gasteiger partial charge in [0.15, 0.2) is 0 Å². The van der Waals surface area contributed by atoms with Gasteiger partial charge in [0.05, 0.1) is 6.42 Å². The van der Waals surface area contributed by atoms with Gasteiger partial charge in [0.1, 0.15) is 0 Å². The van der Waals surface area contributed by atoms with Crippen molar-refractivity contribution >= 4 is 11.6 Å². The van der Waals surface area contributed by atoms with Gasteiger partial charge in [-0.2, -0.15) is 0 Å². The molecule has 0 aromatic heterocycles. The maximum Gasteiger partial charge on any atom is 0.224 e. The molecule has 0 atom stereocenters. The molecule has 1 aromatic carbocycles. The average Bonchev–Trinajstić information content (AvgIpc) is 2.18. The van der Waals surface area contributed by atoms with Crippen molar-refractivity contribution in [2.75, 3.05) is 5.32 Å². The Balaban J connectivity index is 2.72. The van der Waals surface area contributed by atoms with Gasteiger partial charge in [-0.05, 0) is 39.3 Å². The third kappa shape index (κ3) is 4.89. The lowest BCUT2D eigenvalue weighted by molar-refractivity contribution is -0.120. The van der Waals surface area contributed by atoms with Crippen molar-refractivity contribution in [3.8, 4) is 0 Å². The van der Waals surface area contributed by atoms with E-state index in [1.165, 1.54) is 0 Å². The Morgan fingerprint density at radius 2 is 1.76 bits per heavy atom. The largest absolute Gasteiger partial charge is 0.383 e. The summed E-state index contributed by atoms with van der Waals surface area (Å²) in [5.74, 6) is 0.0676. The van der Waals surface area contributed by atoms with Gasteiger partial charge in [0.2, 0.25) is 5.91 Å². The van der Waals surface area contributed by atoms with Crippen LogP contribution < -0.4 is 10.6 Å². The molecular weight excluding hydrogens is 212 g/mol. The number of anilines is 1. The molecule has 1 amide bonds. The molecule has 0 heterocycles. The number of nitrogens with one attached hydrogen (secondary N) is 2. The molecule has 0 aliphatic rings. The molecule has 0 fully saturated rings. The standard InChI is InChI=1S/C14H22N2O/c1-10(2)15-13-8-6-5-7-12(13)9-14(17)16-11(3)4/h5-8,10-11,15H,9H2,1-4H3,(H,16,17). The third-order valence-electron chi connectivity index (χ3n) is 2.26. The fourth-order valence-electron chi connectivity index (χ4n) is 1.67. The monoisotopic (exact) mass is 234 g/mol. The van der Waals surface area contributed by atoms with Crippen LogP contribution in [0.25, 0.3) is 0 Å². The van der Waals surface area contributed by atoms with E-state index in [-0.39, 0.29) is 11.9 Å². The lowest BCUT2D eigenvalue weighted by Crippen LogP contribution is -2.31. The Kier molecular flexibility index (Phi) is 5.01. The first-order chi connectivity index (χ1) is 7.99. The van der Waals surface area contributed by atoms with E-state index in [0.29, 0.717) is 12.5 Å². The summed E-state index contributed by atoms with van der Waals surface area (Å²) in [4.78, 5) is 11.7. The van der Waals surface area contributed by atoms with Crippen LogP contribution in [-0.2, 0) is 11.2 Å². The topological polar surface area (TPSA) is 41.1 Å². The second kappa shape index (κ2) is 6.28. The first kappa shape index (κ1) is 13.6. The van der Waals surface area contributed by atoms with Crippen molar-refractivity contribution in [3.05, 3.63) is 29.8 Å².